The topological polar surface area (TPSA) is 0 Å². The lowest BCUT2D eigenvalue weighted by Crippen LogP contribution is -2.62. The van der Waals surface area contributed by atoms with Crippen molar-refractivity contribution in [2.24, 2.45) is 17.3 Å². The smallest absolute Gasteiger partial charge is 0.242 e. The molecule has 18 heavy (non-hydrogen) atoms. The third-order valence-electron chi connectivity index (χ3n) is 4.28. The largest absolute Gasteiger partial charge is 0.406 e. The summed E-state index contributed by atoms with van der Waals surface area (Å²) >= 11 is 0. The van der Waals surface area contributed by atoms with E-state index in [0.29, 0.717) is 0 Å². The maximum Gasteiger partial charge on any atom is 0.406 e. The van der Waals surface area contributed by atoms with Crippen molar-refractivity contribution in [3.8, 4) is 0 Å². The minimum absolute atomic E-state index is 0.0260. The first kappa shape index (κ1) is 13.7. The zero-order chi connectivity index (χ0) is 14.0. The Morgan fingerprint density at radius 3 is 1.78 bits per heavy atom. The quantitative estimate of drug-likeness (QED) is 0.491. The lowest BCUT2D eigenvalue weighted by Gasteiger charge is -2.45. The third-order valence-corrected chi connectivity index (χ3v) is 4.28. The molecule has 2 rings (SSSR count). The first-order chi connectivity index (χ1) is 7.93. The lowest BCUT2D eigenvalue weighted by atomic mass is 9.67. The number of hydrogen-bond acceptors (Lipinski definition) is 0. The summed E-state index contributed by atoms with van der Waals surface area (Å²) in [5, 5.41) is 0. The first-order valence-corrected chi connectivity index (χ1v) is 5.44. The summed E-state index contributed by atoms with van der Waals surface area (Å²) in [6, 6.07) is 0. The number of allylic oxidation sites excluding steroid dienone is 2. The van der Waals surface area contributed by atoms with Gasteiger partial charge in [-0.3, -0.25) is 0 Å². The van der Waals surface area contributed by atoms with Gasteiger partial charge in [-0.1, -0.05) is 12.2 Å². The molecule has 0 radical (unpaired) electrons. The van der Waals surface area contributed by atoms with Crippen LogP contribution in [0.2, 0.25) is 0 Å². The Morgan fingerprint density at radius 1 is 1.00 bits per heavy atom. The van der Waals surface area contributed by atoms with E-state index in [4.69, 9.17) is 0 Å². The fourth-order valence-corrected chi connectivity index (χ4v) is 3.01. The van der Waals surface area contributed by atoms with Gasteiger partial charge in [0, 0.05) is 5.92 Å². The molecule has 7 heteroatoms. The van der Waals surface area contributed by atoms with Crippen molar-refractivity contribution in [2.75, 3.05) is 0 Å². The number of hydrogen-bond donors (Lipinski definition) is 0. The minimum Gasteiger partial charge on any atom is -0.242 e. The van der Waals surface area contributed by atoms with Gasteiger partial charge in [-0.2, -0.15) is 26.3 Å². The van der Waals surface area contributed by atoms with E-state index >= 15 is 0 Å². The van der Waals surface area contributed by atoms with E-state index in [1.54, 1.807) is 0 Å². The van der Waals surface area contributed by atoms with Gasteiger partial charge < -0.3 is 0 Å². The maximum atomic E-state index is 14.6. The van der Waals surface area contributed by atoms with Gasteiger partial charge in [0.2, 0.25) is 0 Å². The Kier molecular flexibility index (Phi) is 2.60. The number of rotatable bonds is 1. The number of alkyl halides is 7. The molecule has 0 aliphatic heterocycles. The van der Waals surface area contributed by atoms with Gasteiger partial charge in [-0.25, -0.2) is 4.39 Å². The number of fused-ring (bicyclic) bond motifs is 2. The van der Waals surface area contributed by atoms with Crippen LogP contribution in [0.1, 0.15) is 19.8 Å². The summed E-state index contributed by atoms with van der Waals surface area (Å²) in [6.07, 6.45) is -9.39. The lowest BCUT2D eigenvalue weighted by molar-refractivity contribution is -0.374. The first-order valence-electron chi connectivity index (χ1n) is 5.44. The SMILES string of the molecule is CC(C(F)(F)F)(C(F)(F)F)C1(F)CC2C=CC1C2. The molecule has 0 heterocycles. The molecule has 2 bridgehead atoms. The fourth-order valence-electron chi connectivity index (χ4n) is 3.01. The molecule has 0 aromatic heterocycles. The molecule has 104 valence electrons. The molecule has 2 aliphatic carbocycles. The van der Waals surface area contributed by atoms with Crippen molar-refractivity contribution < 1.29 is 30.7 Å². The second-order valence-electron chi connectivity index (χ2n) is 5.17. The van der Waals surface area contributed by atoms with Crippen LogP contribution in [0.5, 0.6) is 0 Å². The summed E-state index contributed by atoms with van der Waals surface area (Å²) in [7, 11) is 0. The Morgan fingerprint density at radius 2 is 1.50 bits per heavy atom. The van der Waals surface area contributed by atoms with Gasteiger partial charge in [0.25, 0.3) is 0 Å². The highest BCUT2D eigenvalue weighted by atomic mass is 19.4. The van der Waals surface area contributed by atoms with Crippen LogP contribution in [0.15, 0.2) is 12.2 Å². The molecule has 1 saturated carbocycles. The van der Waals surface area contributed by atoms with Crippen LogP contribution in [0, 0.1) is 17.3 Å². The summed E-state index contributed by atoms with van der Waals surface area (Å²) in [5.74, 6) is -1.83. The van der Waals surface area contributed by atoms with Crippen molar-refractivity contribution >= 4 is 0 Å². The average Bonchev–Trinajstić information content (AvgIpc) is 2.72. The van der Waals surface area contributed by atoms with Crippen LogP contribution < -0.4 is 0 Å². The maximum absolute atomic E-state index is 14.6. The zero-order valence-electron chi connectivity index (χ0n) is 9.37. The normalized spacial score (nSPS) is 36.4. The average molecular weight is 276 g/mol. The van der Waals surface area contributed by atoms with E-state index in [0.717, 1.165) is 6.08 Å². The molecule has 0 nitrogen and oxygen atoms in total. The highest BCUT2D eigenvalue weighted by Crippen LogP contribution is 2.66. The van der Waals surface area contributed by atoms with Crippen molar-refractivity contribution in [3.63, 3.8) is 0 Å². The van der Waals surface area contributed by atoms with Crippen molar-refractivity contribution in [3.05, 3.63) is 12.2 Å². The van der Waals surface area contributed by atoms with Crippen molar-refractivity contribution in [1.29, 1.82) is 0 Å². The predicted molar refractivity (Wildman–Crippen MR) is 49.4 cm³/mol. The zero-order valence-corrected chi connectivity index (χ0v) is 9.37. The van der Waals surface area contributed by atoms with Gasteiger partial charge in [0.15, 0.2) is 5.41 Å². The second kappa shape index (κ2) is 3.42. The molecule has 0 aromatic rings. The summed E-state index contributed by atoms with van der Waals surface area (Å²) in [6.45, 7) is -0.0679. The van der Waals surface area contributed by atoms with E-state index < -0.39 is 41.7 Å². The molecule has 0 aromatic carbocycles. The highest BCUT2D eigenvalue weighted by molar-refractivity contribution is 5.23. The molecule has 0 N–H and O–H groups in total. The molecule has 0 amide bonds. The van der Waals surface area contributed by atoms with Crippen LogP contribution in [-0.4, -0.2) is 18.0 Å². The third kappa shape index (κ3) is 1.45. The Hall–Kier alpha value is -0.750. The Balaban J connectivity index is 2.53. The molecular formula is C11H11F7. The van der Waals surface area contributed by atoms with Crippen LogP contribution in [0.25, 0.3) is 0 Å². The number of halogens is 7. The minimum atomic E-state index is -5.67. The molecule has 0 spiro atoms. The van der Waals surface area contributed by atoms with E-state index in [1.807, 2.05) is 0 Å². The Labute approximate surface area is 98.8 Å². The van der Waals surface area contributed by atoms with Gasteiger partial charge in [-0.15, -0.1) is 0 Å². The summed E-state index contributed by atoms with van der Waals surface area (Å²) < 4.78 is 91.6. The van der Waals surface area contributed by atoms with Crippen LogP contribution >= 0.6 is 0 Å². The summed E-state index contributed by atoms with van der Waals surface area (Å²) in [5.41, 5.74) is -7.62. The van der Waals surface area contributed by atoms with Crippen molar-refractivity contribution in [1.82, 2.24) is 0 Å². The molecule has 3 atom stereocenters. The van der Waals surface area contributed by atoms with Crippen LogP contribution in [0.3, 0.4) is 0 Å². The summed E-state index contributed by atoms with van der Waals surface area (Å²) in [4.78, 5) is 0. The van der Waals surface area contributed by atoms with E-state index in [9.17, 15) is 30.7 Å². The van der Waals surface area contributed by atoms with Gasteiger partial charge >= 0.3 is 12.4 Å². The molecular weight excluding hydrogens is 265 g/mol. The van der Waals surface area contributed by atoms with E-state index in [1.165, 1.54) is 6.08 Å². The fraction of sp³-hybridized carbons (Fsp3) is 0.818. The molecule has 0 saturated heterocycles. The highest BCUT2D eigenvalue weighted by Gasteiger charge is 2.80. The van der Waals surface area contributed by atoms with Crippen molar-refractivity contribution in [2.45, 2.75) is 37.8 Å². The molecule has 1 fully saturated rings. The molecule has 3 unspecified atom stereocenters. The van der Waals surface area contributed by atoms with E-state index in [2.05, 4.69) is 0 Å². The van der Waals surface area contributed by atoms with Gasteiger partial charge in [0.05, 0.1) is 0 Å². The van der Waals surface area contributed by atoms with Gasteiger partial charge in [-0.05, 0) is 25.7 Å². The predicted octanol–water partition coefficient (Wildman–Crippen LogP) is 4.42. The standard InChI is InChI=1S/C11H11F7/c1-8(10(13,14)15,11(16,17)18)9(12)5-6-2-3-7(9)4-6/h2-3,6-7H,4-5H2,1H3. The monoisotopic (exact) mass is 276 g/mol. The van der Waals surface area contributed by atoms with Gasteiger partial charge in [0.1, 0.15) is 5.67 Å². The second-order valence-corrected chi connectivity index (χ2v) is 5.17. The van der Waals surface area contributed by atoms with Crippen LogP contribution in [-0.2, 0) is 0 Å². The Bertz CT molecular complexity index is 364. The molecule has 2 aliphatic rings. The van der Waals surface area contributed by atoms with Crippen LogP contribution in [0.4, 0.5) is 30.7 Å². The van der Waals surface area contributed by atoms with E-state index in [-0.39, 0.29) is 13.3 Å².